The SMILES string of the molecule is CO[C@H]1C=CO[C@@]2(C)Oc3c(C)c(O)c4c(O)c(c(C=NN5CCN(C)CC5)c(O)c4c3C2=O)NC(=O)C(C)=C/C=C/[C@H](C)[C@H](O)[C@@H](C)[C@@H](O)[C@@H](C)[C@H](O)[C@@H]1C. The number of anilines is 1. The summed E-state index contributed by atoms with van der Waals surface area (Å²) in [6, 6.07) is 0. The molecule has 0 unspecified atom stereocenters. The molecule has 0 saturated carbocycles. The van der Waals surface area contributed by atoms with Gasteiger partial charge in [-0.05, 0) is 27.0 Å². The Morgan fingerprint density at radius 3 is 2.16 bits per heavy atom. The molecule has 7 N–H and O–H groups in total. The van der Waals surface area contributed by atoms with Crippen molar-refractivity contribution in [3.63, 3.8) is 0 Å². The van der Waals surface area contributed by atoms with Crippen LogP contribution in [0.3, 0.4) is 0 Å². The van der Waals surface area contributed by atoms with Crippen LogP contribution in [0.15, 0.2) is 41.2 Å². The number of methoxy groups -OCH3 is 1. The van der Waals surface area contributed by atoms with Gasteiger partial charge in [0, 0.05) is 80.4 Å². The molecule has 9 atom stereocenters. The van der Waals surface area contributed by atoms with Crippen molar-refractivity contribution in [3.8, 4) is 23.0 Å². The van der Waals surface area contributed by atoms with E-state index in [2.05, 4.69) is 15.3 Å². The van der Waals surface area contributed by atoms with Gasteiger partial charge in [-0.1, -0.05) is 45.9 Å². The lowest BCUT2D eigenvalue weighted by Gasteiger charge is -2.36. The fourth-order valence-corrected chi connectivity index (χ4v) is 7.53. The number of allylic oxidation sites excluding steroid dienone is 2. The molecule has 2 aromatic rings. The first-order valence-corrected chi connectivity index (χ1v) is 18.9. The highest BCUT2D eigenvalue weighted by atomic mass is 16.7. The van der Waals surface area contributed by atoms with E-state index < -0.39 is 82.8 Å². The lowest BCUT2D eigenvalue weighted by molar-refractivity contribution is -0.112. The van der Waals surface area contributed by atoms with E-state index in [-0.39, 0.29) is 44.5 Å². The van der Waals surface area contributed by atoms with Crippen LogP contribution >= 0.6 is 0 Å². The summed E-state index contributed by atoms with van der Waals surface area (Å²) >= 11 is 0. The number of phenols is 3. The van der Waals surface area contributed by atoms with E-state index in [9.17, 15) is 40.2 Å². The average molecular weight is 781 g/mol. The number of hydrazone groups is 1. The molecule has 306 valence electrons. The largest absolute Gasteiger partial charge is 0.507 e. The van der Waals surface area contributed by atoms with Crippen molar-refractivity contribution in [1.82, 2.24) is 9.91 Å². The van der Waals surface area contributed by atoms with Crippen molar-refractivity contribution in [1.29, 1.82) is 0 Å². The zero-order chi connectivity index (χ0) is 41.4. The van der Waals surface area contributed by atoms with Gasteiger partial charge >= 0.3 is 5.79 Å². The van der Waals surface area contributed by atoms with Gasteiger partial charge < -0.3 is 55.1 Å². The summed E-state index contributed by atoms with van der Waals surface area (Å²) in [7, 11) is 3.43. The van der Waals surface area contributed by atoms with Crippen LogP contribution in [0, 0.1) is 30.6 Å². The smallest absolute Gasteiger partial charge is 0.312 e. The number of rotatable bonds is 3. The van der Waals surface area contributed by atoms with Gasteiger partial charge in [0.15, 0.2) is 5.75 Å². The molecule has 1 amide bonds. The minimum absolute atomic E-state index is 0.0688. The molecule has 4 aliphatic rings. The lowest BCUT2D eigenvalue weighted by Crippen LogP contribution is -2.44. The first kappa shape index (κ1) is 42.5. The van der Waals surface area contributed by atoms with Gasteiger partial charge in [-0.2, -0.15) is 5.10 Å². The number of ether oxygens (including phenoxy) is 3. The number of amides is 1. The summed E-state index contributed by atoms with van der Waals surface area (Å²) in [6.07, 6.45) is 4.79. The summed E-state index contributed by atoms with van der Waals surface area (Å²) in [6.45, 7) is 13.8. The van der Waals surface area contributed by atoms with Crippen LogP contribution in [0.4, 0.5) is 5.69 Å². The molecular formula is C41H56N4O11. The molecule has 1 fully saturated rings. The van der Waals surface area contributed by atoms with E-state index in [1.165, 1.54) is 52.5 Å². The van der Waals surface area contributed by atoms with Crippen molar-refractivity contribution < 1.29 is 54.4 Å². The Balaban J connectivity index is 1.70. The molecule has 0 aromatic heterocycles. The highest BCUT2D eigenvalue weighted by Gasteiger charge is 2.50. The third-order valence-electron chi connectivity index (χ3n) is 11.6. The van der Waals surface area contributed by atoms with Gasteiger partial charge in [0.1, 0.15) is 17.2 Å². The number of benzene rings is 2. The Morgan fingerprint density at radius 2 is 1.52 bits per heavy atom. The van der Waals surface area contributed by atoms with Gasteiger partial charge in [0.05, 0.1) is 59.1 Å². The molecule has 4 aliphatic heterocycles. The fraction of sp³-hybridized carbons (Fsp3) is 0.537. The van der Waals surface area contributed by atoms with Crippen molar-refractivity contribution in [2.24, 2.45) is 28.8 Å². The van der Waals surface area contributed by atoms with E-state index in [0.717, 1.165) is 13.1 Å². The van der Waals surface area contributed by atoms with Crippen LogP contribution in [-0.4, -0.2) is 129 Å². The van der Waals surface area contributed by atoms with Crippen LogP contribution in [0.25, 0.3) is 10.8 Å². The lowest BCUT2D eigenvalue weighted by atomic mass is 9.78. The Morgan fingerprint density at radius 1 is 0.893 bits per heavy atom. The van der Waals surface area contributed by atoms with Crippen LogP contribution < -0.4 is 10.1 Å². The number of Topliss-reactive ketones (excluding diaryl/α,β-unsaturated/α-hetero) is 1. The summed E-state index contributed by atoms with van der Waals surface area (Å²) in [4.78, 5) is 30.1. The maximum Gasteiger partial charge on any atom is 0.312 e. The molecule has 4 heterocycles. The number of ketones is 1. The summed E-state index contributed by atoms with van der Waals surface area (Å²) in [5.74, 6) is -7.59. The number of carbonyl (C=O) groups is 2. The third kappa shape index (κ3) is 7.96. The quantitative estimate of drug-likeness (QED) is 0.134. The maximum absolute atomic E-state index is 14.3. The number of piperazine rings is 1. The van der Waals surface area contributed by atoms with Crippen molar-refractivity contribution in [3.05, 3.63) is 52.8 Å². The first-order valence-electron chi connectivity index (χ1n) is 18.9. The van der Waals surface area contributed by atoms with Crippen LogP contribution in [0.2, 0.25) is 0 Å². The number of nitrogens with one attached hydrogen (secondary N) is 1. The Labute approximate surface area is 327 Å². The maximum atomic E-state index is 14.3. The third-order valence-corrected chi connectivity index (χ3v) is 11.6. The highest BCUT2D eigenvalue weighted by molar-refractivity contribution is 6.23. The number of fused-ring (bicyclic) bond motifs is 14. The van der Waals surface area contributed by atoms with Crippen molar-refractivity contribution >= 4 is 34.4 Å². The van der Waals surface area contributed by atoms with E-state index in [4.69, 9.17) is 14.2 Å². The predicted molar refractivity (Wildman–Crippen MR) is 211 cm³/mol. The fourth-order valence-electron chi connectivity index (χ4n) is 7.53. The highest BCUT2D eigenvalue weighted by Crippen LogP contribution is 2.55. The summed E-state index contributed by atoms with van der Waals surface area (Å²) < 4.78 is 17.7. The standard InChI is InChI=1S/C41H56N4O11/c1-20-11-10-12-21(2)40(53)43-31-26(19-42-45-16-14-44(8)15-17-45)36(50)28-29(37(31)51)35(49)25(6)38-30(28)39(52)41(7,56-38)55-18-13-27(54-9)22(3)33(47)24(5)34(48)23(4)32(20)46/h10-13,18-20,22-24,27,32-34,46-51H,14-17H2,1-9H3,(H,43,53)/b11-10+,18-13?,21-12?,42-19?/t20-,22+,23+,24-,27-,32-,33+,34+,41-/m0/s1. The number of hydrogen-bond donors (Lipinski definition) is 7. The molecule has 0 aliphatic carbocycles. The van der Waals surface area contributed by atoms with Crippen molar-refractivity contribution in [2.45, 2.75) is 78.7 Å². The number of phenolic OH excluding ortho intramolecular Hbond substituents is 3. The minimum atomic E-state index is -2.01. The van der Waals surface area contributed by atoms with E-state index in [1.807, 2.05) is 7.05 Å². The van der Waals surface area contributed by atoms with Gasteiger partial charge in [-0.15, -0.1) is 0 Å². The molecule has 15 heteroatoms. The molecule has 56 heavy (non-hydrogen) atoms. The molecular weight excluding hydrogens is 724 g/mol. The van der Waals surface area contributed by atoms with Gasteiger partial charge in [-0.25, -0.2) is 0 Å². The molecule has 0 radical (unpaired) electrons. The average Bonchev–Trinajstić information content (AvgIpc) is 3.44. The normalized spacial score (nSPS) is 31.8. The number of aliphatic hydroxyl groups is 3. The van der Waals surface area contributed by atoms with E-state index in [1.54, 1.807) is 44.9 Å². The molecule has 0 spiro atoms. The molecule has 5 bridgehead atoms. The van der Waals surface area contributed by atoms with E-state index in [0.29, 0.717) is 13.1 Å². The molecule has 2 aromatic carbocycles. The first-order chi connectivity index (χ1) is 26.3. The molecule has 1 saturated heterocycles. The van der Waals surface area contributed by atoms with Crippen LogP contribution in [0.1, 0.15) is 63.0 Å². The zero-order valence-electron chi connectivity index (χ0n) is 33.5. The second kappa shape index (κ2) is 16.8. The van der Waals surface area contributed by atoms with Gasteiger partial charge in [0.25, 0.3) is 11.7 Å². The van der Waals surface area contributed by atoms with Crippen molar-refractivity contribution in [2.75, 3.05) is 45.7 Å². The van der Waals surface area contributed by atoms with E-state index >= 15 is 0 Å². The van der Waals surface area contributed by atoms with Gasteiger partial charge in [0.2, 0.25) is 0 Å². The topological polar surface area (TPSA) is 214 Å². The number of hydrogen-bond acceptors (Lipinski definition) is 14. The number of carbonyl (C=O) groups excluding carboxylic acids is 2. The summed E-state index contributed by atoms with van der Waals surface area (Å²) in [5, 5.41) is 77.6. The molecule has 15 nitrogen and oxygen atoms in total. The minimum Gasteiger partial charge on any atom is -0.507 e. The Kier molecular flexibility index (Phi) is 12.8. The monoisotopic (exact) mass is 780 g/mol. The molecule has 6 rings (SSSR count). The number of likely N-dealkylation sites (N-methyl/N-ethyl adjacent to an activating group) is 1. The zero-order valence-corrected chi connectivity index (χ0v) is 33.5. The Hall–Kier alpha value is -4.67. The Bertz CT molecular complexity index is 1950. The number of nitrogens with zero attached hydrogens (tertiary/aromatic N) is 3. The summed E-state index contributed by atoms with van der Waals surface area (Å²) in [5.41, 5.74) is -0.290. The van der Waals surface area contributed by atoms with Gasteiger partial charge in [-0.3, -0.25) is 14.6 Å². The van der Waals surface area contributed by atoms with Crippen LogP contribution in [-0.2, 0) is 14.3 Å². The second-order valence-electron chi connectivity index (χ2n) is 15.5. The number of aliphatic hydroxyl groups excluding tert-OH is 3. The number of aromatic hydroxyl groups is 3. The van der Waals surface area contributed by atoms with Crippen LogP contribution in [0.5, 0.6) is 23.0 Å². The second-order valence-corrected chi connectivity index (χ2v) is 15.5. The predicted octanol–water partition coefficient (Wildman–Crippen LogP) is 3.76.